The molecule has 1 amide bonds. The van der Waals surface area contributed by atoms with E-state index in [2.05, 4.69) is 24.5 Å². The molecule has 0 spiro atoms. The Labute approximate surface area is 155 Å². The van der Waals surface area contributed by atoms with E-state index in [0.717, 1.165) is 5.69 Å². The third-order valence-electron chi connectivity index (χ3n) is 4.03. The molecule has 0 saturated heterocycles. The Morgan fingerprint density at radius 3 is 2.35 bits per heavy atom. The summed E-state index contributed by atoms with van der Waals surface area (Å²) >= 11 is 0. The van der Waals surface area contributed by atoms with Crippen molar-refractivity contribution in [3.8, 4) is 0 Å². The number of carbonyl (C=O) groups is 1. The number of sulfone groups is 1. The fourth-order valence-corrected chi connectivity index (χ4v) is 3.40. The minimum atomic E-state index is -3.13. The van der Waals surface area contributed by atoms with Crippen LogP contribution in [0.25, 0.3) is 0 Å². The van der Waals surface area contributed by atoms with Gasteiger partial charge >= 0.3 is 0 Å². The predicted octanol–water partition coefficient (Wildman–Crippen LogP) is 3.10. The van der Waals surface area contributed by atoms with E-state index in [0.29, 0.717) is 23.6 Å². The van der Waals surface area contributed by atoms with Gasteiger partial charge in [0.1, 0.15) is 0 Å². The van der Waals surface area contributed by atoms with Crippen molar-refractivity contribution in [2.75, 3.05) is 18.1 Å². The molecule has 0 bridgehead atoms. The molecule has 0 aliphatic heterocycles. The van der Waals surface area contributed by atoms with Crippen molar-refractivity contribution in [3.63, 3.8) is 0 Å². The Bertz CT molecular complexity index is 833. The number of hydrogen-bond donors (Lipinski definition) is 2. The van der Waals surface area contributed by atoms with E-state index in [1.54, 1.807) is 24.3 Å². The van der Waals surface area contributed by atoms with Gasteiger partial charge in [-0.25, -0.2) is 8.42 Å². The van der Waals surface area contributed by atoms with Gasteiger partial charge in [-0.1, -0.05) is 44.2 Å². The third kappa shape index (κ3) is 6.52. The first-order valence-corrected chi connectivity index (χ1v) is 10.7. The minimum absolute atomic E-state index is 0.0711. The van der Waals surface area contributed by atoms with Crippen LogP contribution in [-0.4, -0.2) is 33.2 Å². The number of benzene rings is 2. The monoisotopic (exact) mass is 374 g/mol. The first-order chi connectivity index (χ1) is 12.2. The summed E-state index contributed by atoms with van der Waals surface area (Å²) in [6.07, 6.45) is 1.18. The van der Waals surface area contributed by atoms with E-state index in [1.165, 1.54) is 6.26 Å². The summed E-state index contributed by atoms with van der Waals surface area (Å²) < 4.78 is 22.9. The smallest absolute Gasteiger partial charge is 0.251 e. The van der Waals surface area contributed by atoms with Crippen molar-refractivity contribution in [2.24, 2.45) is 5.92 Å². The Balaban J connectivity index is 2.00. The van der Waals surface area contributed by atoms with Crippen LogP contribution in [0.3, 0.4) is 0 Å². The van der Waals surface area contributed by atoms with E-state index >= 15 is 0 Å². The van der Waals surface area contributed by atoms with Crippen LogP contribution in [0, 0.1) is 5.92 Å². The molecule has 140 valence electrons. The number of hydrogen-bond acceptors (Lipinski definition) is 4. The van der Waals surface area contributed by atoms with Crippen LogP contribution in [0.4, 0.5) is 5.69 Å². The lowest BCUT2D eigenvalue weighted by Gasteiger charge is -2.24. The molecule has 0 unspecified atom stereocenters. The molecule has 1 atom stereocenters. The van der Waals surface area contributed by atoms with Gasteiger partial charge in [0.15, 0.2) is 9.84 Å². The molecule has 0 aromatic heterocycles. The molecule has 2 aromatic rings. The Morgan fingerprint density at radius 1 is 1.04 bits per heavy atom. The van der Waals surface area contributed by atoms with Crippen molar-refractivity contribution >= 4 is 21.4 Å². The molecule has 0 saturated carbocycles. The summed E-state index contributed by atoms with van der Waals surface area (Å²) in [5.74, 6) is 0.0473. The molecule has 0 radical (unpaired) electrons. The van der Waals surface area contributed by atoms with Crippen LogP contribution in [0.1, 0.15) is 29.8 Å². The van der Waals surface area contributed by atoms with Crippen LogP contribution >= 0.6 is 0 Å². The molecule has 6 heteroatoms. The molecule has 5 nitrogen and oxygen atoms in total. The molecule has 0 aliphatic carbocycles. The van der Waals surface area contributed by atoms with Crippen LogP contribution in [-0.2, 0) is 15.6 Å². The van der Waals surface area contributed by atoms with Gasteiger partial charge in [0.05, 0.1) is 5.75 Å². The second-order valence-corrected chi connectivity index (χ2v) is 8.98. The van der Waals surface area contributed by atoms with Gasteiger partial charge in [-0.2, -0.15) is 0 Å². The number of nitrogens with one attached hydrogen (secondary N) is 2. The molecule has 26 heavy (non-hydrogen) atoms. The zero-order valence-corrected chi connectivity index (χ0v) is 16.2. The second kappa shape index (κ2) is 8.85. The van der Waals surface area contributed by atoms with Crippen LogP contribution in [0.15, 0.2) is 54.6 Å². The average molecular weight is 375 g/mol. The van der Waals surface area contributed by atoms with Gasteiger partial charge < -0.3 is 10.6 Å². The molecule has 0 heterocycles. The molecule has 2 rings (SSSR count). The molecule has 2 aromatic carbocycles. The Morgan fingerprint density at radius 2 is 1.73 bits per heavy atom. The second-order valence-electron chi connectivity index (χ2n) is 6.84. The van der Waals surface area contributed by atoms with Crippen LogP contribution < -0.4 is 10.6 Å². The largest absolute Gasteiger partial charge is 0.380 e. The summed E-state index contributed by atoms with van der Waals surface area (Å²) in [4.78, 5) is 12.5. The van der Waals surface area contributed by atoms with Crippen LogP contribution in [0.5, 0.6) is 0 Å². The molecule has 0 fully saturated rings. The highest BCUT2D eigenvalue weighted by Gasteiger charge is 2.15. The topological polar surface area (TPSA) is 75.3 Å². The minimum Gasteiger partial charge on any atom is -0.380 e. The lowest BCUT2D eigenvalue weighted by Crippen LogP contribution is -2.39. The fourth-order valence-electron chi connectivity index (χ4n) is 2.61. The highest BCUT2D eigenvalue weighted by Crippen LogP contribution is 2.13. The SMILES string of the molecule is CC(C)[C@@H](CNC(=O)c1cccc(CS(C)(=O)=O)c1)Nc1ccccc1. The molecular formula is C20H26N2O3S. The Hall–Kier alpha value is -2.34. The van der Waals surface area contributed by atoms with Crippen molar-refractivity contribution in [1.82, 2.24) is 5.32 Å². The van der Waals surface area contributed by atoms with E-state index in [1.807, 2.05) is 30.3 Å². The van der Waals surface area contributed by atoms with Crippen molar-refractivity contribution in [1.29, 1.82) is 0 Å². The lowest BCUT2D eigenvalue weighted by atomic mass is 10.0. The van der Waals surface area contributed by atoms with Gasteiger partial charge in [-0.05, 0) is 35.7 Å². The number of carbonyl (C=O) groups excluding carboxylic acids is 1. The predicted molar refractivity (Wildman–Crippen MR) is 106 cm³/mol. The third-order valence-corrected chi connectivity index (χ3v) is 4.89. The summed E-state index contributed by atoms with van der Waals surface area (Å²) in [5, 5.41) is 6.37. The maximum absolute atomic E-state index is 12.5. The standard InChI is InChI=1S/C20H26N2O3S/c1-15(2)19(22-18-10-5-4-6-11-18)13-21-20(23)17-9-7-8-16(12-17)14-26(3,24)25/h4-12,15,19,22H,13-14H2,1-3H3,(H,21,23)/t19-/m1/s1. The van der Waals surface area contributed by atoms with E-state index in [9.17, 15) is 13.2 Å². The average Bonchev–Trinajstić information content (AvgIpc) is 2.57. The van der Waals surface area contributed by atoms with E-state index < -0.39 is 9.84 Å². The zero-order chi connectivity index (χ0) is 19.2. The van der Waals surface area contributed by atoms with Crippen LogP contribution in [0.2, 0.25) is 0 Å². The lowest BCUT2D eigenvalue weighted by molar-refractivity contribution is 0.0950. The highest BCUT2D eigenvalue weighted by molar-refractivity contribution is 7.89. The summed E-state index contributed by atoms with van der Waals surface area (Å²) in [7, 11) is -3.13. The van der Waals surface area contributed by atoms with Crippen molar-refractivity contribution in [2.45, 2.75) is 25.6 Å². The number of amides is 1. The first kappa shape index (κ1) is 20.0. The summed E-state index contributed by atoms with van der Waals surface area (Å²) in [5.41, 5.74) is 2.09. The van der Waals surface area contributed by atoms with Gasteiger partial charge in [0.2, 0.25) is 0 Å². The Kier molecular flexibility index (Phi) is 6.80. The van der Waals surface area contributed by atoms with Gasteiger partial charge in [-0.15, -0.1) is 0 Å². The number of para-hydroxylation sites is 1. The van der Waals surface area contributed by atoms with Gasteiger partial charge in [0.25, 0.3) is 5.91 Å². The fraction of sp³-hybridized carbons (Fsp3) is 0.350. The maximum atomic E-state index is 12.5. The van der Waals surface area contributed by atoms with E-state index in [-0.39, 0.29) is 17.7 Å². The maximum Gasteiger partial charge on any atom is 0.251 e. The molecule has 0 aliphatic rings. The number of rotatable bonds is 8. The zero-order valence-electron chi connectivity index (χ0n) is 15.4. The molecular weight excluding hydrogens is 348 g/mol. The quantitative estimate of drug-likeness (QED) is 0.744. The van der Waals surface area contributed by atoms with Gasteiger partial charge in [0, 0.05) is 30.1 Å². The van der Waals surface area contributed by atoms with Crippen molar-refractivity contribution in [3.05, 3.63) is 65.7 Å². The first-order valence-electron chi connectivity index (χ1n) is 8.61. The normalized spacial score (nSPS) is 12.6. The van der Waals surface area contributed by atoms with Crippen molar-refractivity contribution < 1.29 is 13.2 Å². The summed E-state index contributed by atoms with van der Waals surface area (Å²) in [6, 6.07) is 16.7. The highest BCUT2D eigenvalue weighted by atomic mass is 32.2. The molecule has 2 N–H and O–H groups in total. The summed E-state index contributed by atoms with van der Waals surface area (Å²) in [6.45, 7) is 4.67. The number of anilines is 1. The van der Waals surface area contributed by atoms with Gasteiger partial charge in [-0.3, -0.25) is 4.79 Å². The van der Waals surface area contributed by atoms with E-state index in [4.69, 9.17) is 0 Å².